The van der Waals surface area contributed by atoms with E-state index in [-0.39, 0.29) is 5.91 Å². The summed E-state index contributed by atoms with van der Waals surface area (Å²) in [5, 5.41) is 5.44. The van der Waals surface area contributed by atoms with Crippen LogP contribution in [0.15, 0.2) is 42.5 Å². The molecule has 3 aromatic rings. The van der Waals surface area contributed by atoms with E-state index in [1.807, 2.05) is 42.5 Å². The van der Waals surface area contributed by atoms with Gasteiger partial charge in [-0.2, -0.15) is 0 Å². The molecule has 28 heavy (non-hydrogen) atoms. The van der Waals surface area contributed by atoms with Gasteiger partial charge in [-0.05, 0) is 55.1 Å². The van der Waals surface area contributed by atoms with Crippen molar-refractivity contribution in [1.82, 2.24) is 15.2 Å². The molecule has 0 aliphatic carbocycles. The number of rotatable bonds is 8. The zero-order chi connectivity index (χ0) is 20.1. The number of halogens is 1. The number of carbonyl (C=O) groups excluding carboxylic acids is 1. The summed E-state index contributed by atoms with van der Waals surface area (Å²) >= 11 is 6.23. The van der Waals surface area contributed by atoms with Gasteiger partial charge >= 0.3 is 0 Å². The number of hydrogen-bond donors (Lipinski definition) is 2. The highest BCUT2D eigenvalue weighted by Gasteiger charge is 2.17. The first-order valence-corrected chi connectivity index (χ1v) is 9.91. The van der Waals surface area contributed by atoms with E-state index < -0.39 is 0 Å². The van der Waals surface area contributed by atoms with Crippen molar-refractivity contribution in [1.29, 1.82) is 0 Å². The number of amides is 1. The highest BCUT2D eigenvalue weighted by atomic mass is 35.5. The normalized spacial score (nSPS) is 11.2. The third-order valence-corrected chi connectivity index (χ3v) is 5.22. The van der Waals surface area contributed by atoms with Gasteiger partial charge < -0.3 is 19.9 Å². The molecule has 1 heterocycles. The van der Waals surface area contributed by atoms with Crippen molar-refractivity contribution in [3.05, 3.63) is 53.2 Å². The van der Waals surface area contributed by atoms with E-state index in [9.17, 15) is 4.79 Å². The van der Waals surface area contributed by atoms with Crippen LogP contribution in [-0.2, 0) is 0 Å². The molecule has 148 valence electrons. The molecule has 0 bridgehead atoms. The Labute approximate surface area is 170 Å². The number of hydrogen-bond acceptors (Lipinski definition) is 3. The van der Waals surface area contributed by atoms with Crippen LogP contribution in [0.4, 0.5) is 0 Å². The summed E-state index contributed by atoms with van der Waals surface area (Å²) in [7, 11) is 1.64. The van der Waals surface area contributed by atoms with E-state index in [1.54, 1.807) is 7.11 Å². The van der Waals surface area contributed by atoms with Gasteiger partial charge in [0.2, 0.25) is 0 Å². The minimum Gasteiger partial charge on any atom is -0.497 e. The van der Waals surface area contributed by atoms with Crippen molar-refractivity contribution in [3.63, 3.8) is 0 Å². The van der Waals surface area contributed by atoms with Gasteiger partial charge in [0, 0.05) is 28.9 Å². The molecule has 0 unspecified atom stereocenters. The van der Waals surface area contributed by atoms with Crippen LogP contribution in [-0.4, -0.2) is 49.1 Å². The summed E-state index contributed by atoms with van der Waals surface area (Å²) in [4.78, 5) is 18.4. The number of carbonyl (C=O) groups is 1. The van der Waals surface area contributed by atoms with Crippen molar-refractivity contribution in [2.75, 3.05) is 33.3 Å². The van der Waals surface area contributed by atoms with Gasteiger partial charge in [0.25, 0.3) is 5.91 Å². The lowest BCUT2D eigenvalue weighted by Gasteiger charge is -2.17. The number of ether oxygens (including phenoxy) is 1. The number of aromatic amines is 1. The Bertz CT molecular complexity index is 946. The van der Waals surface area contributed by atoms with Crippen LogP contribution < -0.4 is 10.1 Å². The molecule has 0 atom stereocenters. The van der Waals surface area contributed by atoms with Crippen molar-refractivity contribution in [3.8, 4) is 17.0 Å². The predicted molar refractivity (Wildman–Crippen MR) is 115 cm³/mol. The van der Waals surface area contributed by atoms with E-state index in [0.29, 0.717) is 17.3 Å². The number of methoxy groups -OCH3 is 1. The lowest BCUT2D eigenvalue weighted by Crippen LogP contribution is -2.35. The Morgan fingerprint density at radius 3 is 2.46 bits per heavy atom. The monoisotopic (exact) mass is 399 g/mol. The molecule has 0 spiro atoms. The van der Waals surface area contributed by atoms with Crippen LogP contribution in [0.1, 0.15) is 24.3 Å². The first kappa shape index (κ1) is 20.2. The summed E-state index contributed by atoms with van der Waals surface area (Å²) in [6.07, 6.45) is 0. The van der Waals surface area contributed by atoms with Crippen molar-refractivity contribution >= 4 is 28.3 Å². The maximum atomic E-state index is 12.8. The number of nitrogens with one attached hydrogen (secondary N) is 2. The second-order valence-corrected chi connectivity index (χ2v) is 7.01. The molecule has 2 aromatic carbocycles. The van der Waals surface area contributed by atoms with Crippen LogP contribution in [0.25, 0.3) is 22.0 Å². The number of nitrogens with zero attached hydrogens (tertiary/aromatic N) is 1. The Morgan fingerprint density at radius 2 is 1.82 bits per heavy atom. The van der Waals surface area contributed by atoms with Gasteiger partial charge in [0.15, 0.2) is 0 Å². The minimum atomic E-state index is -0.112. The molecule has 1 amide bonds. The third-order valence-electron chi connectivity index (χ3n) is 4.98. The van der Waals surface area contributed by atoms with Gasteiger partial charge in [0.05, 0.1) is 12.8 Å². The second-order valence-electron chi connectivity index (χ2n) is 6.58. The Kier molecular flexibility index (Phi) is 6.60. The van der Waals surface area contributed by atoms with E-state index in [4.69, 9.17) is 16.3 Å². The predicted octanol–water partition coefficient (Wildman–Crippen LogP) is 4.57. The second kappa shape index (κ2) is 9.13. The third kappa shape index (κ3) is 4.32. The number of likely N-dealkylation sites (N-methyl/N-ethyl adjacent to an activating group) is 1. The first-order chi connectivity index (χ1) is 13.6. The zero-order valence-electron chi connectivity index (χ0n) is 16.5. The molecule has 0 aliphatic rings. The summed E-state index contributed by atoms with van der Waals surface area (Å²) in [5.74, 6) is 0.672. The summed E-state index contributed by atoms with van der Waals surface area (Å²) < 4.78 is 5.24. The average Bonchev–Trinajstić information content (AvgIpc) is 3.10. The Morgan fingerprint density at radius 1 is 1.11 bits per heavy atom. The number of fused-ring (bicyclic) bond motifs is 1. The Hall–Kier alpha value is -2.50. The van der Waals surface area contributed by atoms with E-state index in [0.717, 1.165) is 47.4 Å². The maximum absolute atomic E-state index is 12.8. The minimum absolute atomic E-state index is 0.112. The van der Waals surface area contributed by atoms with E-state index in [1.165, 1.54) is 0 Å². The largest absolute Gasteiger partial charge is 0.497 e. The quantitative estimate of drug-likeness (QED) is 0.583. The average molecular weight is 400 g/mol. The molecule has 0 radical (unpaired) electrons. The molecule has 5 nitrogen and oxygen atoms in total. The Balaban J connectivity index is 1.91. The topological polar surface area (TPSA) is 57.4 Å². The van der Waals surface area contributed by atoms with Crippen LogP contribution in [0.3, 0.4) is 0 Å². The highest BCUT2D eigenvalue weighted by Crippen LogP contribution is 2.33. The summed E-state index contributed by atoms with van der Waals surface area (Å²) in [5.41, 5.74) is 2.39. The van der Waals surface area contributed by atoms with Gasteiger partial charge in [0.1, 0.15) is 11.4 Å². The van der Waals surface area contributed by atoms with Crippen LogP contribution in [0, 0.1) is 0 Å². The molecule has 0 aliphatic heterocycles. The molecular weight excluding hydrogens is 374 g/mol. The smallest absolute Gasteiger partial charge is 0.268 e. The number of benzene rings is 2. The van der Waals surface area contributed by atoms with E-state index >= 15 is 0 Å². The molecule has 1 aromatic heterocycles. The molecule has 0 saturated heterocycles. The lowest BCUT2D eigenvalue weighted by atomic mass is 10.1. The van der Waals surface area contributed by atoms with Crippen molar-refractivity contribution in [2.45, 2.75) is 13.8 Å². The first-order valence-electron chi connectivity index (χ1n) is 9.53. The lowest BCUT2D eigenvalue weighted by molar-refractivity contribution is 0.0946. The summed E-state index contributed by atoms with van der Waals surface area (Å²) in [6.45, 7) is 7.61. The number of aromatic nitrogens is 1. The molecular formula is C22H26ClN3O2. The fraction of sp³-hybridized carbons (Fsp3) is 0.318. The molecule has 0 fully saturated rings. The van der Waals surface area contributed by atoms with Crippen molar-refractivity contribution in [2.24, 2.45) is 0 Å². The highest BCUT2D eigenvalue weighted by molar-refractivity contribution is 6.31. The number of H-pyrrole nitrogens is 1. The molecule has 0 saturated carbocycles. The SMILES string of the molecule is CCN(CC)CCNC(=O)c1[nH]c(-c2ccc(OC)cc2)c2cc(Cl)ccc12. The van der Waals surface area contributed by atoms with E-state index in [2.05, 4.69) is 29.0 Å². The van der Waals surface area contributed by atoms with Gasteiger partial charge in [-0.15, -0.1) is 0 Å². The van der Waals surface area contributed by atoms with Crippen LogP contribution in [0.2, 0.25) is 5.02 Å². The standard InChI is InChI=1S/C22H26ClN3O2/c1-4-26(5-2)13-12-24-22(27)21-18-11-8-16(23)14-19(18)20(25-21)15-6-9-17(28-3)10-7-15/h6-11,14,25H,4-5,12-13H2,1-3H3,(H,24,27). The maximum Gasteiger partial charge on any atom is 0.268 e. The zero-order valence-corrected chi connectivity index (χ0v) is 17.3. The molecule has 6 heteroatoms. The van der Waals surface area contributed by atoms with Crippen LogP contribution >= 0.6 is 11.6 Å². The van der Waals surface area contributed by atoms with Crippen molar-refractivity contribution < 1.29 is 9.53 Å². The fourth-order valence-electron chi connectivity index (χ4n) is 3.32. The van der Waals surface area contributed by atoms with Gasteiger partial charge in [-0.3, -0.25) is 4.79 Å². The van der Waals surface area contributed by atoms with Gasteiger partial charge in [-0.25, -0.2) is 0 Å². The van der Waals surface area contributed by atoms with Crippen LogP contribution in [0.5, 0.6) is 5.75 Å². The van der Waals surface area contributed by atoms with Gasteiger partial charge in [-0.1, -0.05) is 31.5 Å². The molecule has 2 N–H and O–H groups in total. The molecule has 3 rings (SSSR count). The fourth-order valence-corrected chi connectivity index (χ4v) is 3.49. The summed E-state index contributed by atoms with van der Waals surface area (Å²) in [6, 6.07) is 13.3.